The molecule has 0 spiro atoms. The summed E-state index contributed by atoms with van der Waals surface area (Å²) in [6, 6.07) is 13.1. The number of ketones is 1. The quantitative estimate of drug-likeness (QED) is 0.486. The van der Waals surface area contributed by atoms with Crippen LogP contribution in [0.2, 0.25) is 5.02 Å². The molecule has 8 heteroatoms. The number of nitrogens with one attached hydrogen (secondary N) is 2. The summed E-state index contributed by atoms with van der Waals surface area (Å²) in [5, 5.41) is 2.98. The van der Waals surface area contributed by atoms with Crippen LogP contribution in [0, 0.1) is 0 Å². The van der Waals surface area contributed by atoms with Crippen LogP contribution in [0.5, 0.6) is 0 Å². The minimum absolute atomic E-state index is 0.188. The molecule has 1 aliphatic rings. The van der Waals surface area contributed by atoms with E-state index in [-0.39, 0.29) is 28.2 Å². The third kappa shape index (κ3) is 3.29. The Bertz CT molecular complexity index is 1150. The topological polar surface area (TPSA) is 99.3 Å². The molecule has 3 aromatic rings. The fourth-order valence-corrected chi connectivity index (χ4v) is 3.52. The van der Waals surface area contributed by atoms with E-state index < -0.39 is 23.8 Å². The smallest absolute Gasteiger partial charge is 0.262 e. The molecule has 0 bridgehead atoms. The van der Waals surface area contributed by atoms with Crippen molar-refractivity contribution < 1.29 is 19.2 Å². The Kier molecular flexibility index (Phi) is 4.97. The number of benzene rings is 2. The van der Waals surface area contributed by atoms with Gasteiger partial charge in [-0.05, 0) is 49.4 Å². The monoisotopic (exact) mass is 421 g/mol. The maximum absolute atomic E-state index is 12.9. The van der Waals surface area contributed by atoms with Gasteiger partial charge in [0.1, 0.15) is 6.04 Å². The highest BCUT2D eigenvalue weighted by Crippen LogP contribution is 2.27. The second kappa shape index (κ2) is 7.61. The number of hydrogen-bond donors (Lipinski definition) is 2. The average molecular weight is 422 g/mol. The second-order valence-electron chi connectivity index (χ2n) is 6.79. The Hall–Kier alpha value is -3.71. The third-order valence-electron chi connectivity index (χ3n) is 4.92. The van der Waals surface area contributed by atoms with Crippen LogP contribution in [-0.2, 0) is 4.79 Å². The van der Waals surface area contributed by atoms with Crippen molar-refractivity contribution in [1.29, 1.82) is 0 Å². The fourth-order valence-electron chi connectivity index (χ4n) is 3.34. The van der Waals surface area contributed by atoms with E-state index in [9.17, 15) is 19.2 Å². The number of anilines is 1. The largest absolute Gasteiger partial charge is 0.359 e. The maximum atomic E-state index is 12.9. The molecule has 1 aromatic heterocycles. The van der Waals surface area contributed by atoms with Gasteiger partial charge < -0.3 is 10.3 Å². The van der Waals surface area contributed by atoms with Crippen molar-refractivity contribution in [3.8, 4) is 0 Å². The number of halogens is 1. The van der Waals surface area contributed by atoms with Crippen molar-refractivity contribution in [2.24, 2.45) is 0 Å². The lowest BCUT2D eigenvalue weighted by molar-refractivity contribution is -0.119. The van der Waals surface area contributed by atoms with Crippen LogP contribution >= 0.6 is 11.6 Å². The number of imide groups is 1. The molecule has 0 radical (unpaired) electrons. The minimum atomic E-state index is -1.08. The van der Waals surface area contributed by atoms with Gasteiger partial charge in [0.05, 0.1) is 22.5 Å². The summed E-state index contributed by atoms with van der Waals surface area (Å²) >= 11 is 6.04. The van der Waals surface area contributed by atoms with Crippen molar-refractivity contribution in [3.05, 3.63) is 88.2 Å². The highest BCUT2D eigenvalue weighted by atomic mass is 35.5. The number of nitrogens with zero attached hydrogens (tertiary/aromatic N) is 1. The van der Waals surface area contributed by atoms with Gasteiger partial charge >= 0.3 is 0 Å². The lowest BCUT2D eigenvalue weighted by Gasteiger charge is -2.22. The first-order valence-electron chi connectivity index (χ1n) is 9.14. The van der Waals surface area contributed by atoms with E-state index in [1.165, 1.54) is 25.1 Å². The molecule has 1 aliphatic heterocycles. The number of carbonyl (C=O) groups is 4. The number of fused-ring (bicyclic) bond motifs is 1. The molecule has 150 valence electrons. The number of H-pyrrole nitrogens is 1. The Balaban J connectivity index is 1.60. The van der Waals surface area contributed by atoms with Crippen molar-refractivity contribution in [2.45, 2.75) is 13.0 Å². The first-order valence-corrected chi connectivity index (χ1v) is 9.51. The molecule has 0 aliphatic carbocycles. The third-order valence-corrected chi connectivity index (χ3v) is 5.15. The van der Waals surface area contributed by atoms with Gasteiger partial charge in [0.15, 0.2) is 0 Å². The number of carbonyl (C=O) groups excluding carboxylic acids is 4. The molecule has 0 saturated carbocycles. The SMILES string of the molecule is C[C@H](C(=O)Nc1ccc(Cl)cc1C(=O)c1ccc[nH]1)N1C(=O)c2ccccc2C1=O. The van der Waals surface area contributed by atoms with E-state index in [0.29, 0.717) is 10.7 Å². The molecule has 2 N–H and O–H groups in total. The van der Waals surface area contributed by atoms with Crippen LogP contribution in [0.4, 0.5) is 5.69 Å². The van der Waals surface area contributed by atoms with Gasteiger partial charge in [0, 0.05) is 16.8 Å². The average Bonchev–Trinajstić information content (AvgIpc) is 3.36. The molecule has 2 aromatic carbocycles. The Morgan fingerprint density at radius 1 is 1.00 bits per heavy atom. The Morgan fingerprint density at radius 2 is 1.67 bits per heavy atom. The van der Waals surface area contributed by atoms with Crippen LogP contribution in [0.3, 0.4) is 0 Å². The van der Waals surface area contributed by atoms with E-state index in [2.05, 4.69) is 10.3 Å². The first-order chi connectivity index (χ1) is 14.4. The van der Waals surface area contributed by atoms with Gasteiger partial charge in [-0.15, -0.1) is 0 Å². The van der Waals surface area contributed by atoms with Crippen molar-refractivity contribution in [3.63, 3.8) is 0 Å². The number of amides is 3. The fraction of sp³-hybridized carbons (Fsp3) is 0.0909. The van der Waals surface area contributed by atoms with Crippen molar-refractivity contribution >= 4 is 40.8 Å². The zero-order valence-electron chi connectivity index (χ0n) is 15.8. The normalized spacial score (nSPS) is 13.9. The zero-order chi connectivity index (χ0) is 21.4. The molecule has 3 amide bonds. The van der Waals surface area contributed by atoms with Crippen LogP contribution in [0.15, 0.2) is 60.8 Å². The lowest BCUT2D eigenvalue weighted by atomic mass is 10.1. The maximum Gasteiger partial charge on any atom is 0.262 e. The predicted molar refractivity (Wildman–Crippen MR) is 111 cm³/mol. The molecule has 0 saturated heterocycles. The molecular weight excluding hydrogens is 406 g/mol. The minimum Gasteiger partial charge on any atom is -0.359 e. The molecule has 30 heavy (non-hydrogen) atoms. The molecule has 2 heterocycles. The molecule has 7 nitrogen and oxygen atoms in total. The van der Waals surface area contributed by atoms with Crippen molar-refractivity contribution in [2.75, 3.05) is 5.32 Å². The van der Waals surface area contributed by atoms with Crippen LogP contribution in [0.25, 0.3) is 0 Å². The van der Waals surface area contributed by atoms with E-state index in [1.54, 1.807) is 42.6 Å². The van der Waals surface area contributed by atoms with Gasteiger partial charge in [0.2, 0.25) is 11.7 Å². The van der Waals surface area contributed by atoms with Gasteiger partial charge in [-0.25, -0.2) is 0 Å². The van der Waals surface area contributed by atoms with Crippen LogP contribution in [0.1, 0.15) is 43.7 Å². The summed E-state index contributed by atoms with van der Waals surface area (Å²) < 4.78 is 0. The number of aromatic nitrogens is 1. The highest BCUT2D eigenvalue weighted by Gasteiger charge is 2.40. The molecule has 0 unspecified atom stereocenters. The summed E-state index contributed by atoms with van der Waals surface area (Å²) in [5.74, 6) is -2.02. The number of aromatic amines is 1. The summed E-state index contributed by atoms with van der Waals surface area (Å²) in [5.41, 5.74) is 1.27. The van der Waals surface area contributed by atoms with Gasteiger partial charge in [-0.2, -0.15) is 0 Å². The van der Waals surface area contributed by atoms with Crippen LogP contribution in [-0.4, -0.2) is 39.4 Å². The first kappa shape index (κ1) is 19.6. The Labute approximate surface area is 176 Å². The van der Waals surface area contributed by atoms with Gasteiger partial charge in [-0.3, -0.25) is 24.1 Å². The van der Waals surface area contributed by atoms with Crippen LogP contribution < -0.4 is 5.32 Å². The van der Waals surface area contributed by atoms with Crippen molar-refractivity contribution in [1.82, 2.24) is 9.88 Å². The summed E-state index contributed by atoms with van der Waals surface area (Å²) in [7, 11) is 0. The number of hydrogen-bond acceptors (Lipinski definition) is 4. The van der Waals surface area contributed by atoms with Gasteiger partial charge in [0.25, 0.3) is 11.8 Å². The molecule has 4 rings (SSSR count). The highest BCUT2D eigenvalue weighted by molar-refractivity contribution is 6.31. The van der Waals surface area contributed by atoms with E-state index in [0.717, 1.165) is 4.90 Å². The van der Waals surface area contributed by atoms with Gasteiger partial charge in [-0.1, -0.05) is 23.7 Å². The number of rotatable bonds is 5. The van der Waals surface area contributed by atoms with E-state index in [4.69, 9.17) is 11.6 Å². The summed E-state index contributed by atoms with van der Waals surface area (Å²) in [6.45, 7) is 1.46. The predicted octanol–water partition coefficient (Wildman–Crippen LogP) is 3.52. The zero-order valence-corrected chi connectivity index (χ0v) is 16.6. The van der Waals surface area contributed by atoms with E-state index >= 15 is 0 Å². The second-order valence-corrected chi connectivity index (χ2v) is 7.23. The van der Waals surface area contributed by atoms with E-state index in [1.807, 2.05) is 0 Å². The standard InChI is InChI=1S/C22H16ClN3O4/c1-12(26-21(29)14-5-2-3-6-15(14)22(26)30)20(28)25-17-9-8-13(23)11-16(17)19(27)18-7-4-10-24-18/h2-12,24H,1H3,(H,25,28)/t12-/m1/s1. The lowest BCUT2D eigenvalue weighted by Crippen LogP contribution is -2.45. The summed E-state index contributed by atoms with van der Waals surface area (Å²) in [4.78, 5) is 54.7. The Morgan fingerprint density at radius 3 is 2.27 bits per heavy atom. The molecule has 1 atom stereocenters. The molecule has 0 fully saturated rings. The summed E-state index contributed by atoms with van der Waals surface area (Å²) in [6.07, 6.45) is 1.61. The molecular formula is C22H16ClN3O4.